The van der Waals surface area contributed by atoms with Crippen LogP contribution in [0, 0.1) is 6.92 Å². The Hall–Kier alpha value is -1.02. The summed E-state index contributed by atoms with van der Waals surface area (Å²) in [5.74, 6) is 0. The summed E-state index contributed by atoms with van der Waals surface area (Å²) in [7, 11) is 0. The molecular weight excluding hydrogens is 244 g/mol. The summed E-state index contributed by atoms with van der Waals surface area (Å²) >= 11 is 0. The summed E-state index contributed by atoms with van der Waals surface area (Å²) in [6, 6.07) is 7.24. The van der Waals surface area contributed by atoms with Gasteiger partial charge in [0.1, 0.15) is 0 Å². The molecule has 0 radical (unpaired) electrons. The van der Waals surface area contributed by atoms with Crippen LogP contribution in [0.4, 0.5) is 5.69 Å². The smallest absolute Gasteiger partial charge is 0.0369 e. The zero-order valence-electron chi connectivity index (χ0n) is 13.2. The minimum absolute atomic E-state index is 0.293. The third-order valence-electron chi connectivity index (χ3n) is 4.55. The van der Waals surface area contributed by atoms with Gasteiger partial charge >= 0.3 is 0 Å². The van der Waals surface area contributed by atoms with Crippen molar-refractivity contribution in [1.29, 1.82) is 0 Å². The highest BCUT2D eigenvalue weighted by molar-refractivity contribution is 5.51. The zero-order valence-corrected chi connectivity index (χ0v) is 13.2. The number of rotatable bonds is 4. The van der Waals surface area contributed by atoms with Crippen molar-refractivity contribution in [3.05, 3.63) is 29.3 Å². The van der Waals surface area contributed by atoms with E-state index in [0.717, 1.165) is 12.8 Å². The van der Waals surface area contributed by atoms with Gasteiger partial charge in [0.2, 0.25) is 0 Å². The van der Waals surface area contributed by atoms with Crippen LogP contribution >= 0.6 is 0 Å². The molecule has 1 heterocycles. The largest absolute Gasteiger partial charge is 0.372 e. The van der Waals surface area contributed by atoms with Gasteiger partial charge in [0, 0.05) is 24.8 Å². The Morgan fingerprint density at radius 2 is 1.75 bits per heavy atom. The molecule has 0 aromatic heterocycles. The van der Waals surface area contributed by atoms with Crippen molar-refractivity contribution in [1.82, 2.24) is 0 Å². The molecule has 0 saturated carbocycles. The molecule has 0 spiro atoms. The van der Waals surface area contributed by atoms with Crippen molar-refractivity contribution in [2.24, 2.45) is 5.73 Å². The Labute approximate surface area is 124 Å². The van der Waals surface area contributed by atoms with Crippen molar-refractivity contribution in [3.63, 3.8) is 0 Å². The Morgan fingerprint density at radius 1 is 1.10 bits per heavy atom. The fraction of sp³-hybridized carbons (Fsp3) is 0.667. The Bertz CT molecular complexity index is 406. The Balaban J connectivity index is 2.06. The normalized spacial score (nSPS) is 18.4. The van der Waals surface area contributed by atoms with Crippen LogP contribution in [-0.4, -0.2) is 19.1 Å². The van der Waals surface area contributed by atoms with Crippen LogP contribution < -0.4 is 10.6 Å². The molecule has 1 aromatic carbocycles. The first-order valence-corrected chi connectivity index (χ1v) is 8.30. The maximum atomic E-state index is 6.08. The first-order valence-electron chi connectivity index (χ1n) is 8.30. The third-order valence-corrected chi connectivity index (χ3v) is 4.55. The molecule has 2 heteroatoms. The predicted octanol–water partition coefficient (Wildman–Crippen LogP) is 4.05. The van der Waals surface area contributed by atoms with E-state index in [0.29, 0.717) is 6.04 Å². The highest BCUT2D eigenvalue weighted by Gasteiger charge is 2.11. The van der Waals surface area contributed by atoms with Gasteiger partial charge in [0.05, 0.1) is 0 Å². The van der Waals surface area contributed by atoms with Gasteiger partial charge in [-0.1, -0.05) is 32.3 Å². The molecule has 1 aliphatic rings. The monoisotopic (exact) mass is 274 g/mol. The number of nitrogens with zero attached hydrogens (tertiary/aromatic N) is 1. The minimum atomic E-state index is 0.293. The number of aryl methyl sites for hydroxylation is 1. The third kappa shape index (κ3) is 4.24. The maximum absolute atomic E-state index is 6.08. The molecule has 0 amide bonds. The van der Waals surface area contributed by atoms with Gasteiger partial charge in [-0.15, -0.1) is 0 Å². The van der Waals surface area contributed by atoms with Crippen molar-refractivity contribution >= 4 is 5.69 Å². The molecule has 2 nitrogen and oxygen atoms in total. The first-order chi connectivity index (χ1) is 9.70. The van der Waals surface area contributed by atoms with Crippen LogP contribution in [0.3, 0.4) is 0 Å². The molecule has 20 heavy (non-hydrogen) atoms. The fourth-order valence-corrected chi connectivity index (χ4v) is 3.04. The van der Waals surface area contributed by atoms with E-state index >= 15 is 0 Å². The summed E-state index contributed by atoms with van der Waals surface area (Å²) in [4.78, 5) is 2.57. The van der Waals surface area contributed by atoms with Crippen LogP contribution in [0.15, 0.2) is 18.2 Å². The number of hydrogen-bond acceptors (Lipinski definition) is 2. The lowest BCUT2D eigenvalue weighted by atomic mass is 9.99. The first kappa shape index (κ1) is 15.4. The van der Waals surface area contributed by atoms with E-state index in [4.69, 9.17) is 5.73 Å². The van der Waals surface area contributed by atoms with Crippen LogP contribution in [-0.2, 0) is 6.42 Å². The maximum Gasteiger partial charge on any atom is 0.0369 e. The van der Waals surface area contributed by atoms with Crippen molar-refractivity contribution in [3.8, 4) is 0 Å². The van der Waals surface area contributed by atoms with Gasteiger partial charge in [-0.05, 0) is 55.9 Å². The quantitative estimate of drug-likeness (QED) is 0.897. The molecule has 0 bridgehead atoms. The Morgan fingerprint density at radius 3 is 2.35 bits per heavy atom. The highest BCUT2D eigenvalue weighted by Crippen LogP contribution is 2.23. The van der Waals surface area contributed by atoms with Gasteiger partial charge in [0.15, 0.2) is 0 Å². The number of anilines is 1. The molecule has 1 aliphatic heterocycles. The second-order valence-corrected chi connectivity index (χ2v) is 6.24. The predicted molar refractivity (Wildman–Crippen MR) is 88.4 cm³/mol. The molecule has 1 atom stereocenters. The van der Waals surface area contributed by atoms with E-state index in [1.807, 2.05) is 0 Å². The Kier molecular flexibility index (Phi) is 5.90. The van der Waals surface area contributed by atoms with Crippen LogP contribution in [0.25, 0.3) is 0 Å². The van der Waals surface area contributed by atoms with E-state index in [1.165, 1.54) is 62.0 Å². The van der Waals surface area contributed by atoms with Gasteiger partial charge in [-0.3, -0.25) is 0 Å². The number of benzene rings is 1. The molecule has 1 fully saturated rings. The molecule has 1 saturated heterocycles. The number of hydrogen-bond donors (Lipinski definition) is 1. The summed E-state index contributed by atoms with van der Waals surface area (Å²) in [5, 5.41) is 0. The summed E-state index contributed by atoms with van der Waals surface area (Å²) in [5.41, 5.74) is 10.3. The molecular formula is C18H30N2. The lowest BCUT2D eigenvalue weighted by Crippen LogP contribution is -2.27. The fourth-order valence-electron chi connectivity index (χ4n) is 3.04. The second kappa shape index (κ2) is 7.68. The van der Waals surface area contributed by atoms with Crippen molar-refractivity contribution in [2.75, 3.05) is 18.0 Å². The van der Waals surface area contributed by atoms with E-state index in [-0.39, 0.29) is 0 Å². The molecule has 1 aromatic rings. The van der Waals surface area contributed by atoms with E-state index in [9.17, 15) is 0 Å². The van der Waals surface area contributed by atoms with Crippen molar-refractivity contribution in [2.45, 2.75) is 64.8 Å². The van der Waals surface area contributed by atoms with Gasteiger partial charge in [0.25, 0.3) is 0 Å². The van der Waals surface area contributed by atoms with Crippen LogP contribution in [0.5, 0.6) is 0 Å². The SMILES string of the molecule is CCC(N)Cc1ccc(N2CCCCCCC2)cc1C. The zero-order chi connectivity index (χ0) is 14.4. The molecule has 1 unspecified atom stereocenters. The van der Waals surface area contributed by atoms with Gasteiger partial charge < -0.3 is 10.6 Å². The van der Waals surface area contributed by atoms with Gasteiger partial charge in [-0.2, -0.15) is 0 Å². The van der Waals surface area contributed by atoms with E-state index in [1.54, 1.807) is 0 Å². The van der Waals surface area contributed by atoms with Crippen LogP contribution in [0.1, 0.15) is 56.6 Å². The molecule has 2 N–H and O–H groups in total. The molecule has 0 aliphatic carbocycles. The summed E-state index contributed by atoms with van der Waals surface area (Å²) in [6.45, 7) is 6.82. The average Bonchev–Trinajstić information content (AvgIpc) is 2.40. The van der Waals surface area contributed by atoms with Gasteiger partial charge in [-0.25, -0.2) is 0 Å². The lowest BCUT2D eigenvalue weighted by molar-refractivity contribution is 0.556. The highest BCUT2D eigenvalue weighted by atomic mass is 15.1. The molecule has 112 valence electrons. The average molecular weight is 274 g/mol. The van der Waals surface area contributed by atoms with E-state index in [2.05, 4.69) is 36.9 Å². The van der Waals surface area contributed by atoms with Crippen molar-refractivity contribution < 1.29 is 0 Å². The van der Waals surface area contributed by atoms with Crippen LogP contribution in [0.2, 0.25) is 0 Å². The second-order valence-electron chi connectivity index (χ2n) is 6.24. The standard InChI is InChI=1S/C18H30N2/c1-3-17(19)14-16-9-10-18(13-15(16)2)20-11-7-5-4-6-8-12-20/h9-10,13,17H,3-8,11-12,14,19H2,1-2H3. The summed E-state index contributed by atoms with van der Waals surface area (Å²) < 4.78 is 0. The lowest BCUT2D eigenvalue weighted by Gasteiger charge is -2.27. The van der Waals surface area contributed by atoms with E-state index < -0.39 is 0 Å². The summed E-state index contributed by atoms with van der Waals surface area (Å²) in [6.07, 6.45) is 8.91. The molecule has 2 rings (SSSR count). The topological polar surface area (TPSA) is 29.3 Å². The minimum Gasteiger partial charge on any atom is -0.372 e. The number of nitrogens with two attached hydrogens (primary N) is 1.